The summed E-state index contributed by atoms with van der Waals surface area (Å²) in [6.07, 6.45) is 0. The number of ether oxygens (including phenoxy) is 2. The number of thioether (sulfide) groups is 1. The van der Waals surface area contributed by atoms with Crippen molar-refractivity contribution in [2.45, 2.75) is 37.5 Å². The van der Waals surface area contributed by atoms with Crippen LogP contribution in [0.3, 0.4) is 0 Å². The maximum absolute atomic E-state index is 12.5. The van der Waals surface area contributed by atoms with E-state index in [1.54, 1.807) is 26.2 Å². The van der Waals surface area contributed by atoms with E-state index in [0.717, 1.165) is 30.1 Å². The summed E-state index contributed by atoms with van der Waals surface area (Å²) in [6, 6.07) is 11.8. The molecule has 0 radical (unpaired) electrons. The van der Waals surface area contributed by atoms with Crippen LogP contribution in [0.1, 0.15) is 26.3 Å². The smallest absolute Gasteiger partial charge is 0.269 e. The Balaban J connectivity index is 1.87. The number of nitrogens with zero attached hydrogens (tertiary/aromatic N) is 2. The molecule has 0 saturated carbocycles. The van der Waals surface area contributed by atoms with Crippen LogP contribution < -0.4 is 14.8 Å². The normalized spacial score (nSPS) is 11.8. The van der Waals surface area contributed by atoms with E-state index in [9.17, 15) is 14.9 Å². The Kier molecular flexibility index (Phi) is 10.3. The molecule has 1 amide bonds. The fourth-order valence-electron chi connectivity index (χ4n) is 3.00. The molecule has 0 saturated heterocycles. The summed E-state index contributed by atoms with van der Waals surface area (Å²) in [4.78, 5) is 25.9. The molecule has 0 aliphatic carbocycles. The summed E-state index contributed by atoms with van der Waals surface area (Å²) in [5.41, 5.74) is 0.930. The number of nitro benzene ring substituents is 1. The molecular weight excluding hydrogens is 430 g/mol. The van der Waals surface area contributed by atoms with Crippen LogP contribution >= 0.6 is 11.8 Å². The minimum atomic E-state index is -0.444. The zero-order valence-corrected chi connectivity index (χ0v) is 19.8. The van der Waals surface area contributed by atoms with E-state index in [1.807, 2.05) is 18.2 Å². The molecule has 1 atom stereocenters. The van der Waals surface area contributed by atoms with Crippen LogP contribution in [0.25, 0.3) is 0 Å². The van der Waals surface area contributed by atoms with Crippen molar-refractivity contribution in [2.75, 3.05) is 33.4 Å². The van der Waals surface area contributed by atoms with E-state index in [1.165, 1.54) is 23.9 Å². The average molecular weight is 462 g/mol. The van der Waals surface area contributed by atoms with Gasteiger partial charge in [0.1, 0.15) is 6.61 Å². The highest BCUT2D eigenvalue weighted by atomic mass is 32.2. The number of rotatable bonds is 13. The quantitative estimate of drug-likeness (QED) is 0.272. The number of carbonyl (C=O) groups excluding carboxylic acids is 1. The fourth-order valence-corrected chi connectivity index (χ4v) is 3.89. The molecule has 0 aromatic heterocycles. The van der Waals surface area contributed by atoms with Crippen LogP contribution in [0.2, 0.25) is 0 Å². The molecule has 2 rings (SSSR count). The molecule has 0 spiro atoms. The lowest BCUT2D eigenvalue weighted by Crippen LogP contribution is -2.30. The highest BCUT2D eigenvalue weighted by Gasteiger charge is 2.15. The van der Waals surface area contributed by atoms with Crippen LogP contribution in [-0.4, -0.2) is 54.3 Å². The number of methoxy groups -OCH3 is 1. The molecule has 8 nitrogen and oxygen atoms in total. The van der Waals surface area contributed by atoms with E-state index >= 15 is 0 Å². The Morgan fingerprint density at radius 3 is 2.44 bits per heavy atom. The van der Waals surface area contributed by atoms with E-state index < -0.39 is 4.92 Å². The largest absolute Gasteiger partial charge is 0.493 e. The molecule has 32 heavy (non-hydrogen) atoms. The first-order valence-corrected chi connectivity index (χ1v) is 11.5. The molecule has 2 aromatic carbocycles. The first-order chi connectivity index (χ1) is 15.4. The number of hydrogen-bond donors (Lipinski definition) is 1. The minimum absolute atomic E-state index is 0.0286. The fraction of sp³-hybridized carbons (Fsp3) is 0.435. The lowest BCUT2D eigenvalue weighted by Gasteiger charge is -2.19. The van der Waals surface area contributed by atoms with Gasteiger partial charge in [0.15, 0.2) is 11.5 Å². The van der Waals surface area contributed by atoms with Gasteiger partial charge in [0, 0.05) is 30.1 Å². The Bertz CT molecular complexity index is 888. The number of nitro groups is 1. The third-order valence-electron chi connectivity index (χ3n) is 4.98. The summed E-state index contributed by atoms with van der Waals surface area (Å²) in [7, 11) is 1.60. The predicted molar refractivity (Wildman–Crippen MR) is 127 cm³/mol. The Labute approximate surface area is 193 Å². The minimum Gasteiger partial charge on any atom is -0.493 e. The Hall–Kier alpha value is -2.78. The average Bonchev–Trinajstić information content (AvgIpc) is 2.80. The molecule has 0 bridgehead atoms. The van der Waals surface area contributed by atoms with Crippen molar-refractivity contribution in [3.05, 3.63) is 58.1 Å². The lowest BCUT2D eigenvalue weighted by molar-refractivity contribution is -0.384. The van der Waals surface area contributed by atoms with Gasteiger partial charge in [-0.2, -0.15) is 0 Å². The number of likely N-dealkylation sites (N-methyl/N-ethyl adjacent to an activating group) is 1. The molecule has 0 aliphatic heterocycles. The van der Waals surface area contributed by atoms with Crippen molar-refractivity contribution >= 4 is 23.4 Å². The molecule has 174 valence electrons. The number of benzene rings is 2. The van der Waals surface area contributed by atoms with Crippen LogP contribution in [0.5, 0.6) is 11.5 Å². The Morgan fingerprint density at radius 2 is 1.84 bits per heavy atom. The van der Waals surface area contributed by atoms with Crippen molar-refractivity contribution in [3.63, 3.8) is 0 Å². The third kappa shape index (κ3) is 7.72. The molecule has 0 heterocycles. The summed E-state index contributed by atoms with van der Waals surface area (Å²) >= 11 is 1.35. The summed E-state index contributed by atoms with van der Waals surface area (Å²) in [6.45, 7) is 9.79. The standard InChI is InChI=1S/C23H31N3O5S/c1-5-25(6-2)13-14-31-21-12-7-18(15-22(21)30-4)16-24-23(27)17(3)32-20-10-8-19(9-11-20)26(28)29/h7-12,15,17H,5-6,13-14,16H2,1-4H3,(H,24,27). The molecule has 9 heteroatoms. The maximum atomic E-state index is 12.5. The SMILES string of the molecule is CCN(CC)CCOc1ccc(CNC(=O)C(C)Sc2ccc([N+](=O)[O-])cc2)cc1OC. The highest BCUT2D eigenvalue weighted by Crippen LogP contribution is 2.28. The van der Waals surface area contributed by atoms with Crippen molar-refractivity contribution in [1.29, 1.82) is 0 Å². The summed E-state index contributed by atoms with van der Waals surface area (Å²) in [5.74, 6) is 1.19. The molecule has 0 fully saturated rings. The van der Waals surface area contributed by atoms with E-state index in [4.69, 9.17) is 9.47 Å². The van der Waals surface area contributed by atoms with Crippen LogP contribution in [0, 0.1) is 10.1 Å². The van der Waals surface area contributed by atoms with Gasteiger partial charge in [0.25, 0.3) is 5.69 Å². The monoisotopic (exact) mass is 461 g/mol. The lowest BCUT2D eigenvalue weighted by atomic mass is 10.2. The number of hydrogen-bond acceptors (Lipinski definition) is 7. The number of non-ortho nitro benzene ring substituents is 1. The van der Waals surface area contributed by atoms with Gasteiger partial charge < -0.3 is 19.7 Å². The van der Waals surface area contributed by atoms with Gasteiger partial charge >= 0.3 is 0 Å². The van der Waals surface area contributed by atoms with Crippen LogP contribution in [0.15, 0.2) is 47.4 Å². The second-order valence-corrected chi connectivity index (χ2v) is 8.50. The zero-order valence-electron chi connectivity index (χ0n) is 19.0. The van der Waals surface area contributed by atoms with E-state index in [0.29, 0.717) is 24.7 Å². The number of amides is 1. The van der Waals surface area contributed by atoms with Crippen LogP contribution in [0.4, 0.5) is 5.69 Å². The van der Waals surface area contributed by atoms with Crippen molar-refractivity contribution < 1.29 is 19.2 Å². The van der Waals surface area contributed by atoms with Gasteiger partial charge in [-0.1, -0.05) is 19.9 Å². The topological polar surface area (TPSA) is 93.9 Å². The van der Waals surface area contributed by atoms with Gasteiger partial charge in [0.2, 0.25) is 5.91 Å². The van der Waals surface area contributed by atoms with Gasteiger partial charge in [0.05, 0.1) is 17.3 Å². The number of nitrogens with one attached hydrogen (secondary N) is 1. The van der Waals surface area contributed by atoms with E-state index in [-0.39, 0.29) is 16.8 Å². The zero-order chi connectivity index (χ0) is 23.5. The highest BCUT2D eigenvalue weighted by molar-refractivity contribution is 8.00. The van der Waals surface area contributed by atoms with Gasteiger partial charge in [-0.25, -0.2) is 0 Å². The first-order valence-electron chi connectivity index (χ1n) is 10.6. The second kappa shape index (κ2) is 12.9. The van der Waals surface area contributed by atoms with Crippen molar-refractivity contribution in [1.82, 2.24) is 10.2 Å². The summed E-state index contributed by atoms with van der Waals surface area (Å²) < 4.78 is 11.3. The molecule has 1 N–H and O–H groups in total. The second-order valence-electron chi connectivity index (χ2n) is 7.09. The van der Waals surface area contributed by atoms with Crippen LogP contribution in [-0.2, 0) is 11.3 Å². The van der Waals surface area contributed by atoms with Crippen molar-refractivity contribution in [2.24, 2.45) is 0 Å². The van der Waals surface area contributed by atoms with Crippen molar-refractivity contribution in [3.8, 4) is 11.5 Å². The predicted octanol–water partition coefficient (Wildman–Crippen LogP) is 4.12. The molecule has 2 aromatic rings. The van der Waals surface area contributed by atoms with Gasteiger partial charge in [-0.3, -0.25) is 14.9 Å². The Morgan fingerprint density at radius 1 is 1.16 bits per heavy atom. The summed E-state index contributed by atoms with van der Waals surface area (Å²) in [5, 5.41) is 13.3. The molecular formula is C23H31N3O5S. The number of carbonyl (C=O) groups is 1. The molecule has 0 aliphatic rings. The maximum Gasteiger partial charge on any atom is 0.269 e. The van der Waals surface area contributed by atoms with Gasteiger partial charge in [-0.15, -0.1) is 11.8 Å². The third-order valence-corrected chi connectivity index (χ3v) is 6.10. The first kappa shape index (κ1) is 25.5. The van der Waals surface area contributed by atoms with E-state index in [2.05, 4.69) is 24.1 Å². The van der Waals surface area contributed by atoms with Gasteiger partial charge in [-0.05, 0) is 49.8 Å². The molecule has 1 unspecified atom stereocenters.